The van der Waals surface area contributed by atoms with Crippen molar-refractivity contribution >= 4 is 17.0 Å². The molecule has 0 aliphatic carbocycles. The molecule has 0 bridgehead atoms. The van der Waals surface area contributed by atoms with Crippen LogP contribution in [0.25, 0.3) is 0 Å². The van der Waals surface area contributed by atoms with Gasteiger partial charge >= 0.3 is 0 Å². The zero-order chi connectivity index (χ0) is 13.5. The van der Waals surface area contributed by atoms with Crippen LogP contribution >= 0.6 is 17.0 Å². The number of aromatic hydroxyl groups is 2. The first-order valence-electron chi connectivity index (χ1n) is 6.83. The number of nitrogens with zero attached hydrogens (tertiary/aromatic N) is 1. The second-order valence-electron chi connectivity index (χ2n) is 4.91. The average molecular weight is 332 g/mol. The summed E-state index contributed by atoms with van der Waals surface area (Å²) in [5.74, 6) is -0.0809. The van der Waals surface area contributed by atoms with E-state index in [9.17, 15) is 10.2 Å². The summed E-state index contributed by atoms with van der Waals surface area (Å²) in [6, 6.07) is 5.54. The molecule has 0 amide bonds. The van der Waals surface area contributed by atoms with Crippen LogP contribution in [-0.2, 0) is 6.42 Å². The van der Waals surface area contributed by atoms with Crippen LogP contribution in [0.15, 0.2) is 18.2 Å². The molecular weight excluding hydrogens is 306 g/mol. The molecule has 110 valence electrons. The Morgan fingerprint density at radius 1 is 1.05 bits per heavy atom. The smallest absolute Gasteiger partial charge is 0.157 e. The van der Waals surface area contributed by atoms with E-state index in [1.54, 1.807) is 12.1 Å². The van der Waals surface area contributed by atoms with Crippen molar-refractivity contribution in [3.05, 3.63) is 23.8 Å². The molecule has 4 heteroatoms. The van der Waals surface area contributed by atoms with Gasteiger partial charge in [-0.05, 0) is 57.0 Å². The molecule has 0 aromatic heterocycles. The van der Waals surface area contributed by atoms with E-state index in [0.717, 1.165) is 37.9 Å². The van der Waals surface area contributed by atoms with Gasteiger partial charge < -0.3 is 15.1 Å². The number of hydrogen-bond donors (Lipinski definition) is 2. The van der Waals surface area contributed by atoms with Crippen molar-refractivity contribution in [2.75, 3.05) is 13.1 Å². The van der Waals surface area contributed by atoms with Crippen molar-refractivity contribution < 1.29 is 10.2 Å². The van der Waals surface area contributed by atoms with Crippen molar-refractivity contribution in [2.45, 2.75) is 46.1 Å². The Hall–Kier alpha value is -0.740. The topological polar surface area (TPSA) is 43.7 Å². The predicted octanol–water partition coefficient (Wildman–Crippen LogP) is 3.73. The maximum absolute atomic E-state index is 9.49. The van der Waals surface area contributed by atoms with Gasteiger partial charge in [-0.2, -0.15) is 0 Å². The molecule has 1 unspecified atom stereocenters. The van der Waals surface area contributed by atoms with Crippen molar-refractivity contribution in [3.63, 3.8) is 0 Å². The molecule has 0 fully saturated rings. The minimum atomic E-state index is -0.0506. The van der Waals surface area contributed by atoms with Gasteiger partial charge in [0.15, 0.2) is 11.5 Å². The molecule has 1 aromatic rings. The fourth-order valence-corrected chi connectivity index (χ4v) is 2.29. The van der Waals surface area contributed by atoms with E-state index >= 15 is 0 Å². The number of rotatable bonds is 7. The minimum Gasteiger partial charge on any atom is -0.504 e. The standard InChI is InChI=1S/C15H25NO2.BrH/c1-4-8-16(9-5-2)12(3)10-13-6-7-14(17)15(18)11-13;/h6-7,11-12,17-18H,4-5,8-10H2,1-3H3;1H. The highest BCUT2D eigenvalue weighted by atomic mass is 79.9. The lowest BCUT2D eigenvalue weighted by molar-refractivity contribution is 0.208. The number of benzene rings is 1. The van der Waals surface area contributed by atoms with Gasteiger partial charge in [-0.1, -0.05) is 19.9 Å². The van der Waals surface area contributed by atoms with E-state index in [2.05, 4.69) is 25.7 Å². The SMILES string of the molecule is Br.CCCN(CCC)C(C)Cc1ccc(O)c(O)c1. The van der Waals surface area contributed by atoms with E-state index in [0.29, 0.717) is 6.04 Å². The molecule has 0 aliphatic heterocycles. The average Bonchev–Trinajstić information content (AvgIpc) is 2.33. The second-order valence-corrected chi connectivity index (χ2v) is 4.91. The third kappa shape index (κ3) is 5.83. The Morgan fingerprint density at radius 3 is 2.11 bits per heavy atom. The summed E-state index contributed by atoms with van der Waals surface area (Å²) in [4.78, 5) is 2.48. The van der Waals surface area contributed by atoms with Crippen LogP contribution in [0.2, 0.25) is 0 Å². The summed E-state index contributed by atoms with van der Waals surface area (Å²) in [5.41, 5.74) is 1.06. The zero-order valence-electron chi connectivity index (χ0n) is 12.1. The summed E-state index contributed by atoms with van der Waals surface area (Å²) in [6.07, 6.45) is 3.21. The zero-order valence-corrected chi connectivity index (χ0v) is 13.8. The number of halogens is 1. The fourth-order valence-electron chi connectivity index (χ4n) is 2.29. The van der Waals surface area contributed by atoms with Crippen molar-refractivity contribution in [1.29, 1.82) is 0 Å². The molecular formula is C15H26BrNO2. The first-order chi connectivity index (χ1) is 8.58. The Labute approximate surface area is 127 Å². The summed E-state index contributed by atoms with van der Waals surface area (Å²) in [7, 11) is 0. The maximum atomic E-state index is 9.49. The van der Waals surface area contributed by atoms with Crippen LogP contribution in [0.4, 0.5) is 0 Å². The lowest BCUT2D eigenvalue weighted by Gasteiger charge is -2.28. The quantitative estimate of drug-likeness (QED) is 0.748. The fraction of sp³-hybridized carbons (Fsp3) is 0.600. The van der Waals surface area contributed by atoms with Gasteiger partial charge in [0.25, 0.3) is 0 Å². The molecule has 0 saturated heterocycles. The monoisotopic (exact) mass is 331 g/mol. The van der Waals surface area contributed by atoms with Crippen LogP contribution in [-0.4, -0.2) is 34.2 Å². The molecule has 0 aliphatic rings. The van der Waals surface area contributed by atoms with Gasteiger partial charge in [0.05, 0.1) is 0 Å². The minimum absolute atomic E-state index is 0. The highest BCUT2D eigenvalue weighted by molar-refractivity contribution is 8.93. The van der Waals surface area contributed by atoms with E-state index in [1.807, 2.05) is 6.07 Å². The van der Waals surface area contributed by atoms with Gasteiger partial charge in [0.1, 0.15) is 0 Å². The van der Waals surface area contributed by atoms with E-state index in [4.69, 9.17) is 0 Å². The first-order valence-corrected chi connectivity index (χ1v) is 6.83. The number of phenols is 2. The molecule has 19 heavy (non-hydrogen) atoms. The molecule has 0 radical (unpaired) electrons. The Morgan fingerprint density at radius 2 is 1.63 bits per heavy atom. The molecule has 3 nitrogen and oxygen atoms in total. The molecule has 0 heterocycles. The molecule has 1 aromatic carbocycles. The van der Waals surface area contributed by atoms with E-state index < -0.39 is 0 Å². The Bertz CT molecular complexity index is 365. The summed E-state index contributed by atoms with van der Waals surface area (Å²) in [6.45, 7) is 8.83. The molecule has 0 spiro atoms. The molecule has 1 atom stereocenters. The first kappa shape index (κ1) is 18.3. The van der Waals surface area contributed by atoms with Gasteiger partial charge in [-0.15, -0.1) is 17.0 Å². The highest BCUT2D eigenvalue weighted by Gasteiger charge is 2.13. The summed E-state index contributed by atoms with van der Waals surface area (Å²) >= 11 is 0. The van der Waals surface area contributed by atoms with Crippen molar-refractivity contribution in [3.8, 4) is 11.5 Å². The van der Waals surface area contributed by atoms with Crippen LogP contribution in [0.3, 0.4) is 0 Å². The second kappa shape index (κ2) is 9.21. The van der Waals surface area contributed by atoms with Gasteiger partial charge in [-0.25, -0.2) is 0 Å². The third-order valence-corrected chi connectivity index (χ3v) is 3.22. The molecule has 0 saturated carbocycles. The van der Waals surface area contributed by atoms with Crippen molar-refractivity contribution in [1.82, 2.24) is 4.90 Å². The van der Waals surface area contributed by atoms with Gasteiger partial charge in [0.2, 0.25) is 0 Å². The summed E-state index contributed by atoms with van der Waals surface area (Å²) in [5, 5.41) is 18.8. The van der Waals surface area contributed by atoms with Crippen LogP contribution in [0, 0.1) is 0 Å². The summed E-state index contributed by atoms with van der Waals surface area (Å²) < 4.78 is 0. The number of phenolic OH excluding ortho intramolecular Hbond substituents is 2. The van der Waals surface area contributed by atoms with Crippen molar-refractivity contribution in [2.24, 2.45) is 0 Å². The van der Waals surface area contributed by atoms with Crippen LogP contribution in [0.5, 0.6) is 11.5 Å². The van der Waals surface area contributed by atoms with E-state index in [1.165, 1.54) is 0 Å². The van der Waals surface area contributed by atoms with Crippen LogP contribution < -0.4 is 0 Å². The van der Waals surface area contributed by atoms with E-state index in [-0.39, 0.29) is 28.5 Å². The van der Waals surface area contributed by atoms with Crippen LogP contribution in [0.1, 0.15) is 39.2 Å². The highest BCUT2D eigenvalue weighted by Crippen LogP contribution is 2.25. The lowest BCUT2D eigenvalue weighted by Crippen LogP contribution is -2.35. The maximum Gasteiger partial charge on any atom is 0.157 e. The number of hydrogen-bond acceptors (Lipinski definition) is 3. The predicted molar refractivity (Wildman–Crippen MR) is 85.4 cm³/mol. The lowest BCUT2D eigenvalue weighted by atomic mass is 10.0. The Kier molecular flexibility index (Phi) is 8.85. The van der Waals surface area contributed by atoms with Gasteiger partial charge in [0, 0.05) is 6.04 Å². The Balaban J connectivity index is 0.00000324. The molecule has 1 rings (SSSR count). The third-order valence-electron chi connectivity index (χ3n) is 3.22. The normalized spacial score (nSPS) is 12.2. The molecule has 2 N–H and O–H groups in total. The largest absolute Gasteiger partial charge is 0.504 e. The van der Waals surface area contributed by atoms with Gasteiger partial charge in [-0.3, -0.25) is 0 Å².